The zero-order chi connectivity index (χ0) is 13.1. The van der Waals surface area contributed by atoms with Crippen LogP contribution < -0.4 is 4.74 Å². The molecular weight excluding hydrogens is 254 g/mol. The van der Waals surface area contributed by atoms with Crippen molar-refractivity contribution in [1.82, 2.24) is 4.90 Å². The average molecular weight is 270 g/mol. The maximum atomic E-state index is 10.9. The number of rotatable bonds is 4. The largest absolute Gasteiger partial charge is 0.487 e. The highest BCUT2D eigenvalue weighted by Crippen LogP contribution is 2.26. The molecule has 18 heavy (non-hydrogen) atoms. The van der Waals surface area contributed by atoms with Gasteiger partial charge in [-0.15, -0.1) is 0 Å². The van der Waals surface area contributed by atoms with Gasteiger partial charge in [-0.2, -0.15) is 0 Å². The molecule has 1 aliphatic heterocycles. The van der Waals surface area contributed by atoms with E-state index in [1.54, 1.807) is 13.0 Å². The summed E-state index contributed by atoms with van der Waals surface area (Å²) in [5.74, 6) is -0.137. The molecule has 1 aromatic rings. The first-order valence-corrected chi connectivity index (χ1v) is 6.34. The van der Waals surface area contributed by atoms with E-state index in [-0.39, 0.29) is 6.10 Å². The Morgan fingerprint density at radius 3 is 2.94 bits per heavy atom. The van der Waals surface area contributed by atoms with Crippen molar-refractivity contribution in [3.8, 4) is 5.75 Å². The number of halogens is 1. The van der Waals surface area contributed by atoms with Crippen molar-refractivity contribution in [2.75, 3.05) is 13.1 Å². The summed E-state index contributed by atoms with van der Waals surface area (Å²) in [6, 6.07) is 6.86. The molecule has 2 atom stereocenters. The molecular formula is C13H16ClNO3. The van der Waals surface area contributed by atoms with Gasteiger partial charge in [0.1, 0.15) is 17.9 Å². The number of aliphatic carboxylic acids is 1. The Morgan fingerprint density at radius 1 is 1.56 bits per heavy atom. The Morgan fingerprint density at radius 2 is 2.28 bits per heavy atom. The van der Waals surface area contributed by atoms with Gasteiger partial charge in [0, 0.05) is 13.1 Å². The molecule has 0 spiro atoms. The van der Waals surface area contributed by atoms with Crippen molar-refractivity contribution in [2.45, 2.75) is 25.5 Å². The van der Waals surface area contributed by atoms with Crippen molar-refractivity contribution in [3.05, 3.63) is 29.3 Å². The maximum absolute atomic E-state index is 10.9. The Balaban J connectivity index is 1.94. The van der Waals surface area contributed by atoms with Crippen LogP contribution in [0.15, 0.2) is 24.3 Å². The fourth-order valence-electron chi connectivity index (χ4n) is 2.08. The molecule has 2 rings (SSSR count). The van der Waals surface area contributed by atoms with E-state index in [2.05, 4.69) is 0 Å². The van der Waals surface area contributed by atoms with E-state index < -0.39 is 12.0 Å². The van der Waals surface area contributed by atoms with E-state index in [9.17, 15) is 4.79 Å². The highest BCUT2D eigenvalue weighted by molar-refractivity contribution is 6.32. The summed E-state index contributed by atoms with van der Waals surface area (Å²) < 4.78 is 5.80. The SMILES string of the molecule is CC(C(=O)O)N1CCC(Oc2ccccc2Cl)C1. The summed E-state index contributed by atoms with van der Waals surface area (Å²) in [4.78, 5) is 12.8. The monoisotopic (exact) mass is 269 g/mol. The molecule has 1 fully saturated rings. The molecule has 2 unspecified atom stereocenters. The van der Waals surface area contributed by atoms with Gasteiger partial charge in [0.15, 0.2) is 0 Å². The minimum Gasteiger partial charge on any atom is -0.487 e. The molecule has 1 aromatic carbocycles. The van der Waals surface area contributed by atoms with Gasteiger partial charge in [0.2, 0.25) is 0 Å². The Kier molecular flexibility index (Phi) is 4.09. The minimum atomic E-state index is -0.798. The zero-order valence-electron chi connectivity index (χ0n) is 10.2. The molecule has 5 heteroatoms. The predicted octanol–water partition coefficient (Wildman–Crippen LogP) is 2.27. The van der Waals surface area contributed by atoms with Crippen molar-refractivity contribution >= 4 is 17.6 Å². The molecule has 1 N–H and O–H groups in total. The van der Waals surface area contributed by atoms with Gasteiger partial charge in [-0.3, -0.25) is 9.69 Å². The number of hydrogen-bond donors (Lipinski definition) is 1. The second-order valence-electron chi connectivity index (χ2n) is 4.47. The van der Waals surface area contributed by atoms with E-state index in [4.69, 9.17) is 21.4 Å². The standard InChI is InChI=1S/C13H16ClNO3/c1-9(13(16)17)15-7-6-10(8-15)18-12-5-3-2-4-11(12)14/h2-5,9-10H,6-8H2,1H3,(H,16,17). The third-order valence-electron chi connectivity index (χ3n) is 3.21. The van der Waals surface area contributed by atoms with Gasteiger partial charge in [0.05, 0.1) is 5.02 Å². The Hall–Kier alpha value is -1.26. The number of nitrogens with zero attached hydrogens (tertiary/aromatic N) is 1. The third kappa shape index (κ3) is 2.94. The molecule has 0 bridgehead atoms. The zero-order valence-corrected chi connectivity index (χ0v) is 10.9. The van der Waals surface area contributed by atoms with E-state index in [1.165, 1.54) is 0 Å². The Bertz CT molecular complexity index is 438. The van der Waals surface area contributed by atoms with Crippen LogP contribution in [0.1, 0.15) is 13.3 Å². The second-order valence-corrected chi connectivity index (χ2v) is 4.88. The first-order valence-electron chi connectivity index (χ1n) is 5.96. The third-order valence-corrected chi connectivity index (χ3v) is 3.52. The normalized spacial score (nSPS) is 21.8. The lowest BCUT2D eigenvalue weighted by Gasteiger charge is -2.20. The van der Waals surface area contributed by atoms with E-state index in [1.807, 2.05) is 23.1 Å². The minimum absolute atomic E-state index is 0.00620. The van der Waals surface area contributed by atoms with Gasteiger partial charge in [-0.1, -0.05) is 23.7 Å². The molecule has 1 aliphatic rings. The van der Waals surface area contributed by atoms with Gasteiger partial charge >= 0.3 is 5.97 Å². The molecule has 0 aliphatic carbocycles. The number of carboxylic acids is 1. The number of hydrogen-bond acceptors (Lipinski definition) is 3. The lowest BCUT2D eigenvalue weighted by Crippen LogP contribution is -2.38. The molecule has 98 valence electrons. The van der Waals surface area contributed by atoms with Crippen LogP contribution in [-0.4, -0.2) is 41.2 Å². The highest BCUT2D eigenvalue weighted by atomic mass is 35.5. The number of carboxylic acid groups (broad SMARTS) is 1. The van der Waals surface area contributed by atoms with Crippen LogP contribution in [0.25, 0.3) is 0 Å². The molecule has 1 saturated heterocycles. The van der Waals surface area contributed by atoms with E-state index in [0.717, 1.165) is 13.0 Å². The summed E-state index contributed by atoms with van der Waals surface area (Å²) in [7, 11) is 0. The number of ether oxygens (including phenoxy) is 1. The fourth-order valence-corrected chi connectivity index (χ4v) is 2.26. The summed E-state index contributed by atoms with van der Waals surface area (Å²) in [5, 5.41) is 9.54. The number of benzene rings is 1. The smallest absolute Gasteiger partial charge is 0.320 e. The number of para-hydroxylation sites is 1. The van der Waals surface area contributed by atoms with Crippen LogP contribution in [-0.2, 0) is 4.79 Å². The van der Waals surface area contributed by atoms with Crippen LogP contribution in [0.2, 0.25) is 5.02 Å². The van der Waals surface area contributed by atoms with Crippen molar-refractivity contribution in [1.29, 1.82) is 0 Å². The second kappa shape index (κ2) is 5.59. The quantitative estimate of drug-likeness (QED) is 0.911. The van der Waals surface area contributed by atoms with Crippen LogP contribution in [0.3, 0.4) is 0 Å². The summed E-state index contributed by atoms with van der Waals surface area (Å²) >= 11 is 6.02. The first-order chi connectivity index (χ1) is 8.58. The van der Waals surface area contributed by atoms with Crippen LogP contribution >= 0.6 is 11.6 Å². The maximum Gasteiger partial charge on any atom is 0.320 e. The van der Waals surface area contributed by atoms with Crippen molar-refractivity contribution in [2.24, 2.45) is 0 Å². The fraction of sp³-hybridized carbons (Fsp3) is 0.462. The van der Waals surface area contributed by atoms with Gasteiger partial charge < -0.3 is 9.84 Å². The summed E-state index contributed by atoms with van der Waals surface area (Å²) in [5.41, 5.74) is 0. The number of carbonyl (C=O) groups is 1. The van der Waals surface area contributed by atoms with Crippen molar-refractivity contribution in [3.63, 3.8) is 0 Å². The van der Waals surface area contributed by atoms with Crippen LogP contribution in [0.5, 0.6) is 5.75 Å². The molecule has 0 saturated carbocycles. The van der Waals surface area contributed by atoms with E-state index >= 15 is 0 Å². The van der Waals surface area contributed by atoms with Crippen molar-refractivity contribution < 1.29 is 14.6 Å². The molecule has 4 nitrogen and oxygen atoms in total. The lowest BCUT2D eigenvalue weighted by atomic mass is 10.3. The summed E-state index contributed by atoms with van der Waals surface area (Å²) in [6.45, 7) is 3.06. The lowest BCUT2D eigenvalue weighted by molar-refractivity contribution is -0.142. The predicted molar refractivity (Wildman–Crippen MR) is 69.2 cm³/mol. The van der Waals surface area contributed by atoms with Gasteiger partial charge in [-0.25, -0.2) is 0 Å². The molecule has 0 amide bonds. The first kappa shape index (κ1) is 13.2. The van der Waals surface area contributed by atoms with Crippen LogP contribution in [0.4, 0.5) is 0 Å². The van der Waals surface area contributed by atoms with Gasteiger partial charge in [0.25, 0.3) is 0 Å². The molecule has 0 radical (unpaired) electrons. The highest BCUT2D eigenvalue weighted by Gasteiger charge is 2.30. The average Bonchev–Trinajstić information content (AvgIpc) is 2.79. The topological polar surface area (TPSA) is 49.8 Å². The van der Waals surface area contributed by atoms with E-state index in [0.29, 0.717) is 17.3 Å². The summed E-state index contributed by atoms with van der Waals surface area (Å²) in [6.07, 6.45) is 0.828. The van der Waals surface area contributed by atoms with Gasteiger partial charge in [-0.05, 0) is 25.5 Å². The molecule has 0 aromatic heterocycles. The number of likely N-dealkylation sites (tertiary alicyclic amines) is 1. The molecule has 1 heterocycles. The Labute approximate surface area is 111 Å². The van der Waals surface area contributed by atoms with Crippen LogP contribution in [0, 0.1) is 0 Å².